The first-order valence-corrected chi connectivity index (χ1v) is 9.11. The first-order chi connectivity index (χ1) is 12.8. The predicted octanol–water partition coefficient (Wildman–Crippen LogP) is 2.25. The minimum absolute atomic E-state index is 0.0421. The number of carbonyl (C=O) groups is 2. The first-order valence-electron chi connectivity index (χ1n) is 9.11. The minimum Gasteiger partial charge on any atom is -0.378 e. The highest BCUT2D eigenvalue weighted by molar-refractivity contribution is 5.97. The summed E-state index contributed by atoms with van der Waals surface area (Å²) in [4.78, 5) is 26.5. The first kappa shape index (κ1) is 19.1. The number of carbonyl (C=O) groups excluding carboxylic acids is 2. The van der Waals surface area contributed by atoms with Gasteiger partial charge in [-0.15, -0.1) is 0 Å². The van der Waals surface area contributed by atoms with E-state index in [1.54, 1.807) is 24.1 Å². The van der Waals surface area contributed by atoms with Gasteiger partial charge in [-0.1, -0.05) is 32.0 Å². The van der Waals surface area contributed by atoms with Gasteiger partial charge in [0.1, 0.15) is 5.69 Å². The normalized spacial score (nSPS) is 20.7. The average Bonchev–Trinajstić information content (AvgIpc) is 3.10. The Hall–Kier alpha value is -2.67. The highest BCUT2D eigenvalue weighted by atomic mass is 16.5. The van der Waals surface area contributed by atoms with Crippen LogP contribution in [0.1, 0.15) is 48.2 Å². The van der Waals surface area contributed by atoms with Crippen LogP contribution in [0.2, 0.25) is 0 Å². The molecule has 144 valence electrons. The van der Waals surface area contributed by atoms with E-state index in [9.17, 15) is 9.59 Å². The van der Waals surface area contributed by atoms with E-state index in [1.165, 1.54) is 10.7 Å². The summed E-state index contributed by atoms with van der Waals surface area (Å²) in [5.41, 5.74) is 6.40. The molecule has 0 saturated heterocycles. The van der Waals surface area contributed by atoms with Crippen molar-refractivity contribution in [2.24, 2.45) is 11.1 Å². The number of primary amides is 1. The zero-order valence-corrected chi connectivity index (χ0v) is 16.2. The van der Waals surface area contributed by atoms with Crippen molar-refractivity contribution >= 4 is 11.8 Å². The van der Waals surface area contributed by atoms with E-state index in [-0.39, 0.29) is 34.9 Å². The molecule has 7 heteroatoms. The summed E-state index contributed by atoms with van der Waals surface area (Å²) in [6.07, 6.45) is 0.913. The van der Waals surface area contributed by atoms with Gasteiger partial charge in [-0.2, -0.15) is 5.10 Å². The summed E-state index contributed by atoms with van der Waals surface area (Å²) in [7, 11) is 1.77. The van der Waals surface area contributed by atoms with Crippen molar-refractivity contribution in [3.63, 3.8) is 0 Å². The second kappa shape index (κ2) is 7.15. The zero-order valence-electron chi connectivity index (χ0n) is 16.2. The summed E-state index contributed by atoms with van der Waals surface area (Å²) in [6.45, 7) is 6.83. The Kier molecular flexibility index (Phi) is 5.06. The lowest BCUT2D eigenvalue weighted by Crippen LogP contribution is -2.62. The molecule has 1 saturated carbocycles. The number of aromatic nitrogens is 2. The lowest BCUT2D eigenvalue weighted by atomic mass is 9.63. The van der Waals surface area contributed by atoms with Gasteiger partial charge in [0.2, 0.25) is 0 Å². The summed E-state index contributed by atoms with van der Waals surface area (Å²) in [5, 5.41) is 4.36. The minimum atomic E-state index is -0.631. The molecule has 1 aliphatic rings. The van der Waals surface area contributed by atoms with Crippen molar-refractivity contribution in [2.75, 3.05) is 13.7 Å². The van der Waals surface area contributed by atoms with E-state index in [1.807, 2.05) is 25.1 Å². The van der Waals surface area contributed by atoms with E-state index in [4.69, 9.17) is 10.5 Å². The molecular formula is C20H26N4O3. The number of ether oxygens (including phenoxy) is 1. The van der Waals surface area contributed by atoms with Crippen molar-refractivity contribution in [1.29, 1.82) is 0 Å². The molecule has 3 rings (SSSR count). The zero-order chi connectivity index (χ0) is 19.8. The van der Waals surface area contributed by atoms with Crippen LogP contribution in [-0.4, -0.2) is 52.3 Å². The highest BCUT2D eigenvalue weighted by Gasteiger charge is 2.52. The Bertz CT molecular complexity index is 844. The third-order valence-corrected chi connectivity index (χ3v) is 5.46. The van der Waals surface area contributed by atoms with Crippen molar-refractivity contribution in [3.8, 4) is 5.69 Å². The number of nitrogens with zero attached hydrogens (tertiary/aromatic N) is 3. The molecule has 0 spiro atoms. The summed E-state index contributed by atoms with van der Waals surface area (Å²) in [6, 6.07) is 10.6. The standard InChI is InChI=1S/C20H26N4O3/c1-5-27-17-12-16(20(17,2)3)23(4)19(26)14-11-15(18(21)25)24(22-14)13-9-7-6-8-10-13/h6-11,16-17H,5,12H2,1-4H3,(H2,21,25). The lowest BCUT2D eigenvalue weighted by Gasteiger charge is -2.54. The van der Waals surface area contributed by atoms with Gasteiger partial charge in [0.05, 0.1) is 11.8 Å². The second-order valence-corrected chi connectivity index (χ2v) is 7.46. The molecule has 7 nitrogen and oxygen atoms in total. The van der Waals surface area contributed by atoms with Crippen molar-refractivity contribution in [2.45, 2.75) is 39.3 Å². The molecule has 2 amide bonds. The van der Waals surface area contributed by atoms with Gasteiger partial charge in [-0.05, 0) is 25.5 Å². The maximum atomic E-state index is 13.0. The fourth-order valence-corrected chi connectivity index (χ4v) is 3.75. The predicted molar refractivity (Wildman–Crippen MR) is 102 cm³/mol. The lowest BCUT2D eigenvalue weighted by molar-refractivity contribution is -0.136. The largest absolute Gasteiger partial charge is 0.378 e. The van der Waals surface area contributed by atoms with E-state index in [0.29, 0.717) is 12.3 Å². The SMILES string of the molecule is CCOC1CC(N(C)C(=O)c2cc(C(N)=O)n(-c3ccccc3)n2)C1(C)C. The van der Waals surface area contributed by atoms with Gasteiger partial charge in [0.15, 0.2) is 5.69 Å². The van der Waals surface area contributed by atoms with Gasteiger partial charge in [-0.3, -0.25) is 9.59 Å². The van der Waals surface area contributed by atoms with Crippen LogP contribution in [0.15, 0.2) is 36.4 Å². The van der Waals surface area contributed by atoms with Crippen LogP contribution in [-0.2, 0) is 4.74 Å². The summed E-state index contributed by atoms with van der Waals surface area (Å²) < 4.78 is 7.17. The van der Waals surface area contributed by atoms with Crippen LogP contribution < -0.4 is 5.73 Å². The quantitative estimate of drug-likeness (QED) is 0.844. The number of rotatable bonds is 6. The van der Waals surface area contributed by atoms with Gasteiger partial charge in [0.25, 0.3) is 11.8 Å². The molecule has 1 aromatic heterocycles. The third kappa shape index (κ3) is 3.35. The molecule has 2 aromatic rings. The van der Waals surface area contributed by atoms with Crippen LogP contribution in [0.4, 0.5) is 0 Å². The number of nitrogens with two attached hydrogens (primary N) is 1. The van der Waals surface area contributed by atoms with Crippen molar-refractivity contribution < 1.29 is 14.3 Å². The van der Waals surface area contributed by atoms with E-state index < -0.39 is 5.91 Å². The van der Waals surface area contributed by atoms with E-state index in [0.717, 1.165) is 6.42 Å². The van der Waals surface area contributed by atoms with Crippen LogP contribution in [0.5, 0.6) is 0 Å². The van der Waals surface area contributed by atoms with Crippen molar-refractivity contribution in [3.05, 3.63) is 47.8 Å². The topological polar surface area (TPSA) is 90.5 Å². The Morgan fingerprint density at radius 1 is 1.33 bits per heavy atom. The molecule has 0 aliphatic heterocycles. The molecule has 1 aromatic carbocycles. The fraction of sp³-hybridized carbons (Fsp3) is 0.450. The molecule has 2 unspecified atom stereocenters. The Morgan fingerprint density at radius 2 is 2.00 bits per heavy atom. The number of para-hydroxylation sites is 1. The number of hydrogen-bond acceptors (Lipinski definition) is 4. The number of hydrogen-bond donors (Lipinski definition) is 1. The van der Waals surface area contributed by atoms with Crippen LogP contribution in [0.3, 0.4) is 0 Å². The third-order valence-electron chi connectivity index (χ3n) is 5.46. The monoisotopic (exact) mass is 370 g/mol. The Morgan fingerprint density at radius 3 is 2.56 bits per heavy atom. The smallest absolute Gasteiger partial charge is 0.274 e. The molecule has 2 N–H and O–H groups in total. The summed E-state index contributed by atoms with van der Waals surface area (Å²) in [5.74, 6) is -0.867. The van der Waals surface area contributed by atoms with Crippen LogP contribution in [0.25, 0.3) is 5.69 Å². The molecule has 0 bridgehead atoms. The molecule has 1 fully saturated rings. The van der Waals surface area contributed by atoms with Crippen LogP contribution in [0, 0.1) is 5.41 Å². The molecular weight excluding hydrogens is 344 g/mol. The molecule has 27 heavy (non-hydrogen) atoms. The number of amides is 2. The fourth-order valence-electron chi connectivity index (χ4n) is 3.75. The van der Waals surface area contributed by atoms with E-state index in [2.05, 4.69) is 18.9 Å². The van der Waals surface area contributed by atoms with Gasteiger partial charge in [-0.25, -0.2) is 4.68 Å². The Labute approximate surface area is 159 Å². The molecule has 2 atom stereocenters. The number of benzene rings is 1. The maximum absolute atomic E-state index is 13.0. The van der Waals surface area contributed by atoms with Crippen molar-refractivity contribution in [1.82, 2.24) is 14.7 Å². The highest BCUT2D eigenvalue weighted by Crippen LogP contribution is 2.45. The molecule has 0 radical (unpaired) electrons. The average molecular weight is 370 g/mol. The summed E-state index contributed by atoms with van der Waals surface area (Å²) >= 11 is 0. The maximum Gasteiger partial charge on any atom is 0.274 e. The van der Waals surface area contributed by atoms with Gasteiger partial charge < -0.3 is 15.4 Å². The Balaban J connectivity index is 1.86. The van der Waals surface area contributed by atoms with Gasteiger partial charge in [0, 0.05) is 31.2 Å². The molecule has 1 heterocycles. The van der Waals surface area contributed by atoms with Gasteiger partial charge >= 0.3 is 0 Å². The second-order valence-electron chi connectivity index (χ2n) is 7.46. The van der Waals surface area contributed by atoms with Crippen LogP contribution >= 0.6 is 0 Å². The molecule has 1 aliphatic carbocycles. The van der Waals surface area contributed by atoms with E-state index >= 15 is 0 Å².